The zero-order valence-corrected chi connectivity index (χ0v) is 13.2. The minimum absolute atomic E-state index is 0.0198. The number of carbonyl (C=O) groups excluding carboxylic acids is 3. The van der Waals surface area contributed by atoms with Gasteiger partial charge in [0.25, 0.3) is 17.7 Å². The minimum Gasteiger partial charge on any atom is -0.507 e. The van der Waals surface area contributed by atoms with Gasteiger partial charge in [-0.2, -0.15) is 5.01 Å². The summed E-state index contributed by atoms with van der Waals surface area (Å²) in [6.07, 6.45) is 0. The van der Waals surface area contributed by atoms with Crippen LogP contribution in [0.1, 0.15) is 31.1 Å². The summed E-state index contributed by atoms with van der Waals surface area (Å²) in [7, 11) is 0. The first-order chi connectivity index (χ1) is 10.5. The van der Waals surface area contributed by atoms with Crippen LogP contribution in [0, 0.1) is 3.57 Å². The highest BCUT2D eigenvalue weighted by atomic mass is 127. The number of carbonyl (C=O) groups is 3. The van der Waals surface area contributed by atoms with E-state index in [9.17, 15) is 19.5 Å². The first-order valence-corrected chi connectivity index (χ1v) is 7.34. The maximum Gasteiger partial charge on any atom is 0.280 e. The lowest BCUT2D eigenvalue weighted by Crippen LogP contribution is -2.45. The normalized spacial score (nSPS) is 13.2. The van der Waals surface area contributed by atoms with Crippen LogP contribution in [0.3, 0.4) is 0 Å². The molecule has 22 heavy (non-hydrogen) atoms. The standard InChI is InChI=1S/C15H9IN2O4/c16-8-5-6-9-11(7-8)15(22)18(14(9)21)17-13(20)10-3-1-2-4-12(10)19/h1-7,19H,(H,17,20). The molecule has 1 aliphatic rings. The van der Waals surface area contributed by atoms with Crippen LogP contribution in [0.15, 0.2) is 42.5 Å². The van der Waals surface area contributed by atoms with Gasteiger partial charge < -0.3 is 5.11 Å². The van der Waals surface area contributed by atoms with Crippen LogP contribution in [0.4, 0.5) is 0 Å². The predicted molar refractivity (Wildman–Crippen MR) is 85.2 cm³/mol. The Hall–Kier alpha value is -2.42. The van der Waals surface area contributed by atoms with E-state index < -0.39 is 17.7 Å². The molecule has 7 heteroatoms. The van der Waals surface area contributed by atoms with Gasteiger partial charge in [0.05, 0.1) is 16.7 Å². The van der Waals surface area contributed by atoms with Crippen molar-refractivity contribution in [2.24, 2.45) is 0 Å². The average molecular weight is 408 g/mol. The number of hydrazine groups is 1. The molecule has 1 aliphatic heterocycles. The minimum atomic E-state index is -0.734. The summed E-state index contributed by atoms with van der Waals surface area (Å²) >= 11 is 2.03. The van der Waals surface area contributed by atoms with Crippen molar-refractivity contribution in [1.29, 1.82) is 0 Å². The summed E-state index contributed by atoms with van der Waals surface area (Å²) in [5.74, 6) is -2.16. The second-order valence-electron chi connectivity index (χ2n) is 4.59. The molecule has 0 saturated carbocycles. The maximum absolute atomic E-state index is 12.2. The van der Waals surface area contributed by atoms with Gasteiger partial charge in [-0.3, -0.25) is 19.8 Å². The third-order valence-corrected chi connectivity index (χ3v) is 3.88. The third kappa shape index (κ3) is 2.33. The van der Waals surface area contributed by atoms with E-state index in [0.717, 1.165) is 3.57 Å². The molecule has 0 aromatic heterocycles. The molecule has 3 amide bonds. The molecule has 0 aliphatic carbocycles. The highest BCUT2D eigenvalue weighted by molar-refractivity contribution is 14.1. The molecule has 0 spiro atoms. The van der Waals surface area contributed by atoms with E-state index in [0.29, 0.717) is 5.01 Å². The number of phenolic OH excluding ortho intramolecular Hbond substituents is 1. The van der Waals surface area contributed by atoms with Gasteiger partial charge in [-0.25, -0.2) is 0 Å². The lowest BCUT2D eigenvalue weighted by molar-refractivity contribution is 0.0517. The van der Waals surface area contributed by atoms with E-state index in [1.165, 1.54) is 12.1 Å². The summed E-state index contributed by atoms with van der Waals surface area (Å²) < 4.78 is 0.811. The van der Waals surface area contributed by atoms with Crippen LogP contribution >= 0.6 is 22.6 Å². The molecule has 110 valence electrons. The molecule has 1 heterocycles. The van der Waals surface area contributed by atoms with E-state index >= 15 is 0 Å². The second-order valence-corrected chi connectivity index (χ2v) is 5.84. The average Bonchev–Trinajstić information content (AvgIpc) is 2.72. The van der Waals surface area contributed by atoms with Gasteiger partial charge in [0.1, 0.15) is 5.75 Å². The van der Waals surface area contributed by atoms with Crippen LogP contribution in [0.2, 0.25) is 0 Å². The number of hydrogen-bond donors (Lipinski definition) is 2. The summed E-state index contributed by atoms with van der Waals surface area (Å²) in [6.45, 7) is 0. The highest BCUT2D eigenvalue weighted by Crippen LogP contribution is 2.24. The van der Waals surface area contributed by atoms with Crippen LogP contribution in [0.5, 0.6) is 5.75 Å². The van der Waals surface area contributed by atoms with Gasteiger partial charge in [-0.15, -0.1) is 0 Å². The predicted octanol–water partition coefficient (Wildman–Crippen LogP) is 1.94. The fourth-order valence-electron chi connectivity index (χ4n) is 2.14. The zero-order chi connectivity index (χ0) is 15.9. The fourth-order valence-corrected chi connectivity index (χ4v) is 2.63. The number of rotatable bonds is 2. The number of hydrogen-bond acceptors (Lipinski definition) is 4. The van der Waals surface area contributed by atoms with Gasteiger partial charge in [-0.1, -0.05) is 12.1 Å². The number of imide groups is 1. The Bertz CT molecular complexity index is 819. The molecule has 2 N–H and O–H groups in total. The Kier molecular flexibility index (Phi) is 3.57. The van der Waals surface area contributed by atoms with Crippen LogP contribution in [-0.2, 0) is 0 Å². The zero-order valence-electron chi connectivity index (χ0n) is 11.0. The van der Waals surface area contributed by atoms with E-state index in [-0.39, 0.29) is 22.4 Å². The Morgan fingerprint density at radius 1 is 1.05 bits per heavy atom. The maximum atomic E-state index is 12.2. The van der Waals surface area contributed by atoms with Gasteiger partial charge in [0.15, 0.2) is 0 Å². The first-order valence-electron chi connectivity index (χ1n) is 6.26. The van der Waals surface area contributed by atoms with Gasteiger partial charge >= 0.3 is 0 Å². The molecule has 6 nitrogen and oxygen atoms in total. The molecule has 0 fully saturated rings. The van der Waals surface area contributed by atoms with E-state index in [2.05, 4.69) is 5.43 Å². The van der Waals surface area contributed by atoms with E-state index in [1.807, 2.05) is 22.6 Å². The number of aromatic hydroxyl groups is 1. The number of nitrogens with zero attached hydrogens (tertiary/aromatic N) is 1. The molecule has 2 aromatic carbocycles. The fraction of sp³-hybridized carbons (Fsp3) is 0. The Labute approximate surface area is 138 Å². The van der Waals surface area contributed by atoms with E-state index in [1.54, 1.807) is 30.3 Å². The molecule has 0 unspecified atom stereocenters. The topological polar surface area (TPSA) is 86.7 Å². The number of halogens is 1. The monoisotopic (exact) mass is 408 g/mol. The van der Waals surface area contributed by atoms with Crippen molar-refractivity contribution in [2.45, 2.75) is 0 Å². The van der Waals surface area contributed by atoms with Crippen molar-refractivity contribution >= 4 is 40.3 Å². The molecule has 0 saturated heterocycles. The van der Waals surface area contributed by atoms with Gasteiger partial charge in [0.2, 0.25) is 0 Å². The molecular weight excluding hydrogens is 399 g/mol. The summed E-state index contributed by atoms with van der Waals surface area (Å²) in [6, 6.07) is 10.7. The van der Waals surface area contributed by atoms with Crippen molar-refractivity contribution in [1.82, 2.24) is 10.4 Å². The van der Waals surface area contributed by atoms with Gasteiger partial charge in [0, 0.05) is 3.57 Å². The molecule has 0 atom stereocenters. The quantitative estimate of drug-likeness (QED) is 0.588. The van der Waals surface area contributed by atoms with Crippen molar-refractivity contribution in [3.8, 4) is 5.75 Å². The number of phenols is 1. The molecule has 2 aromatic rings. The largest absolute Gasteiger partial charge is 0.507 e. The first kappa shape index (κ1) is 14.5. The second kappa shape index (κ2) is 5.41. The Morgan fingerprint density at radius 3 is 2.45 bits per heavy atom. The Balaban J connectivity index is 1.89. The third-order valence-electron chi connectivity index (χ3n) is 3.21. The molecule has 0 radical (unpaired) electrons. The molecule has 3 rings (SSSR count). The van der Waals surface area contributed by atoms with Crippen LogP contribution in [0.25, 0.3) is 0 Å². The molecule has 0 bridgehead atoms. The van der Waals surface area contributed by atoms with Crippen molar-refractivity contribution in [3.63, 3.8) is 0 Å². The lowest BCUT2D eigenvalue weighted by atomic mass is 10.1. The van der Waals surface area contributed by atoms with Crippen LogP contribution < -0.4 is 5.43 Å². The van der Waals surface area contributed by atoms with Gasteiger partial charge in [-0.05, 0) is 52.9 Å². The number of benzene rings is 2. The Morgan fingerprint density at radius 2 is 1.73 bits per heavy atom. The molecular formula is C15H9IN2O4. The number of fused-ring (bicyclic) bond motifs is 1. The van der Waals surface area contributed by atoms with Crippen molar-refractivity contribution < 1.29 is 19.5 Å². The smallest absolute Gasteiger partial charge is 0.280 e. The van der Waals surface area contributed by atoms with Crippen LogP contribution in [-0.4, -0.2) is 27.8 Å². The van der Waals surface area contributed by atoms with E-state index in [4.69, 9.17) is 0 Å². The summed E-state index contributed by atoms with van der Waals surface area (Å²) in [5, 5.41) is 10.3. The highest BCUT2D eigenvalue weighted by Gasteiger charge is 2.37. The summed E-state index contributed by atoms with van der Waals surface area (Å²) in [5.41, 5.74) is 2.70. The number of para-hydroxylation sites is 1. The lowest BCUT2D eigenvalue weighted by Gasteiger charge is -2.15. The summed E-state index contributed by atoms with van der Waals surface area (Å²) in [4.78, 5) is 36.5. The van der Waals surface area contributed by atoms with Crippen molar-refractivity contribution in [3.05, 3.63) is 62.7 Å². The van der Waals surface area contributed by atoms with Crippen molar-refractivity contribution in [2.75, 3.05) is 0 Å². The SMILES string of the molecule is O=C(NN1C(=O)c2ccc(I)cc2C1=O)c1ccccc1O. The number of nitrogens with one attached hydrogen (secondary N) is 1. The number of amides is 3.